The Morgan fingerprint density at radius 3 is 2.91 bits per heavy atom. The zero-order chi connectivity index (χ0) is 23.5. The highest BCUT2D eigenvalue weighted by molar-refractivity contribution is 8.03. The maximum absolute atomic E-state index is 4.26. The number of allylic oxidation sites excluding steroid dienone is 2. The lowest BCUT2D eigenvalue weighted by Crippen LogP contribution is -2.25. The zero-order valence-corrected chi connectivity index (χ0v) is 20.3. The van der Waals surface area contributed by atoms with Gasteiger partial charge in [-0.3, -0.25) is 15.1 Å². The van der Waals surface area contributed by atoms with Gasteiger partial charge >= 0.3 is 0 Å². The number of nitrogens with one attached hydrogen (secondary N) is 3. The molecule has 2 aromatic heterocycles. The Kier molecular flexibility index (Phi) is 6.17. The van der Waals surface area contributed by atoms with Gasteiger partial charge in [-0.25, -0.2) is 0 Å². The first kappa shape index (κ1) is 21.8. The van der Waals surface area contributed by atoms with Gasteiger partial charge in [0.15, 0.2) is 0 Å². The monoisotopic (exact) mass is 480 g/mol. The maximum Gasteiger partial charge on any atom is 0.0728 e. The fourth-order valence-electron chi connectivity index (χ4n) is 4.54. The summed E-state index contributed by atoms with van der Waals surface area (Å²) >= 11 is 1.88. The van der Waals surface area contributed by atoms with Crippen LogP contribution < -0.4 is 10.7 Å². The molecule has 0 bridgehead atoms. The molecule has 6 nitrogen and oxygen atoms in total. The van der Waals surface area contributed by atoms with Crippen LogP contribution in [-0.4, -0.2) is 32.1 Å². The van der Waals surface area contributed by atoms with E-state index in [2.05, 4.69) is 98.9 Å². The number of benzene rings is 2. The van der Waals surface area contributed by atoms with E-state index in [1.54, 1.807) is 0 Å². The molecule has 0 amide bonds. The third kappa shape index (κ3) is 4.78. The first-order valence-corrected chi connectivity index (χ1v) is 13.0. The number of H-pyrrole nitrogens is 1. The zero-order valence-electron chi connectivity index (χ0n) is 19.4. The molecule has 3 N–H and O–H groups in total. The number of aromatic amines is 1. The molecule has 0 unspecified atom stereocenters. The Hall–Kier alpha value is -3.68. The Morgan fingerprint density at radius 2 is 2.03 bits per heavy atom. The molecule has 35 heavy (non-hydrogen) atoms. The Morgan fingerprint density at radius 1 is 1.09 bits per heavy atom. The number of aromatic nitrogens is 3. The second kappa shape index (κ2) is 9.90. The molecule has 0 fully saturated rings. The number of nitrogens with zero attached hydrogens (tertiary/aromatic N) is 3. The van der Waals surface area contributed by atoms with Gasteiger partial charge in [-0.05, 0) is 60.5 Å². The average molecular weight is 481 g/mol. The van der Waals surface area contributed by atoms with E-state index in [9.17, 15) is 0 Å². The van der Waals surface area contributed by atoms with E-state index in [-0.39, 0.29) is 0 Å². The van der Waals surface area contributed by atoms with Crippen molar-refractivity contribution in [2.45, 2.75) is 19.5 Å². The second-order valence-electron chi connectivity index (χ2n) is 8.71. The van der Waals surface area contributed by atoms with Gasteiger partial charge in [0.25, 0.3) is 0 Å². The lowest BCUT2D eigenvalue weighted by Gasteiger charge is -2.29. The summed E-state index contributed by atoms with van der Waals surface area (Å²) in [5.74, 6) is 1.00. The molecule has 7 heteroatoms. The summed E-state index contributed by atoms with van der Waals surface area (Å²) in [6, 6.07) is 19.1. The van der Waals surface area contributed by atoms with Gasteiger partial charge in [0.2, 0.25) is 0 Å². The van der Waals surface area contributed by atoms with E-state index >= 15 is 0 Å². The lowest BCUT2D eigenvalue weighted by atomic mass is 10.0. The second-order valence-corrected chi connectivity index (χ2v) is 9.78. The fraction of sp³-hybridized carbons (Fsp3) is 0.179. The minimum absolute atomic E-state index is 0.832. The van der Waals surface area contributed by atoms with Gasteiger partial charge in [0.05, 0.1) is 11.4 Å². The number of hydrazine groups is 1. The topological polar surface area (TPSA) is 60.9 Å². The molecule has 0 spiro atoms. The largest absolute Gasteiger partial charge is 0.361 e. The molecule has 176 valence electrons. The lowest BCUT2D eigenvalue weighted by molar-refractivity contribution is 0.544. The molecular formula is C28H28N6S. The molecule has 4 aromatic rings. The number of hydrogen-bond acceptors (Lipinski definition) is 5. The summed E-state index contributed by atoms with van der Waals surface area (Å²) < 4.78 is 1.97. The summed E-state index contributed by atoms with van der Waals surface area (Å²) in [5, 5.41) is 11.2. The van der Waals surface area contributed by atoms with Crippen LogP contribution in [-0.2, 0) is 13.1 Å². The van der Waals surface area contributed by atoms with E-state index in [1.807, 2.05) is 34.9 Å². The summed E-state index contributed by atoms with van der Waals surface area (Å²) in [6.45, 7) is 2.71. The van der Waals surface area contributed by atoms with E-state index in [4.69, 9.17) is 0 Å². The van der Waals surface area contributed by atoms with Crippen LogP contribution in [0.3, 0.4) is 0 Å². The highest BCUT2D eigenvalue weighted by atomic mass is 32.2. The molecule has 0 aliphatic carbocycles. The number of anilines is 1. The van der Waals surface area contributed by atoms with Crippen molar-refractivity contribution in [2.75, 3.05) is 17.7 Å². The maximum atomic E-state index is 4.26. The van der Waals surface area contributed by atoms with E-state index in [0.29, 0.717) is 0 Å². The number of rotatable bonds is 9. The minimum Gasteiger partial charge on any atom is -0.361 e. The van der Waals surface area contributed by atoms with Crippen LogP contribution in [0.1, 0.15) is 17.5 Å². The molecule has 4 heterocycles. The molecule has 2 aromatic carbocycles. The van der Waals surface area contributed by atoms with Crippen LogP contribution in [0, 0.1) is 0 Å². The minimum atomic E-state index is 0.832. The van der Waals surface area contributed by atoms with Gasteiger partial charge < -0.3 is 10.3 Å². The van der Waals surface area contributed by atoms with Crippen LogP contribution in [0.5, 0.6) is 0 Å². The van der Waals surface area contributed by atoms with Crippen molar-refractivity contribution in [3.8, 4) is 0 Å². The summed E-state index contributed by atoms with van der Waals surface area (Å²) in [7, 11) is 0. The average Bonchev–Trinajstić information content (AvgIpc) is 3.66. The van der Waals surface area contributed by atoms with Crippen molar-refractivity contribution in [2.24, 2.45) is 0 Å². The Labute approximate surface area is 209 Å². The molecule has 2 aliphatic rings. The van der Waals surface area contributed by atoms with Gasteiger partial charge in [-0.1, -0.05) is 30.3 Å². The quantitative estimate of drug-likeness (QED) is 0.267. The van der Waals surface area contributed by atoms with Crippen LogP contribution >= 0.6 is 11.8 Å². The normalized spacial score (nSPS) is 15.1. The third-order valence-electron chi connectivity index (χ3n) is 6.32. The van der Waals surface area contributed by atoms with Crippen molar-refractivity contribution in [3.05, 3.63) is 113 Å². The molecule has 0 radical (unpaired) electrons. The van der Waals surface area contributed by atoms with Gasteiger partial charge in [-0.2, -0.15) is 5.10 Å². The van der Waals surface area contributed by atoms with Crippen molar-refractivity contribution in [1.29, 1.82) is 0 Å². The Bertz CT molecular complexity index is 1400. The van der Waals surface area contributed by atoms with E-state index in [0.717, 1.165) is 43.0 Å². The van der Waals surface area contributed by atoms with Crippen LogP contribution in [0.2, 0.25) is 0 Å². The third-order valence-corrected chi connectivity index (χ3v) is 7.29. The van der Waals surface area contributed by atoms with Crippen molar-refractivity contribution in [1.82, 2.24) is 25.1 Å². The summed E-state index contributed by atoms with van der Waals surface area (Å²) in [6.07, 6.45) is 13.8. The molecule has 0 saturated heterocycles. The predicted octanol–water partition coefficient (Wildman–Crippen LogP) is 5.74. The Balaban J connectivity index is 1.16. The van der Waals surface area contributed by atoms with Crippen molar-refractivity contribution in [3.63, 3.8) is 0 Å². The summed E-state index contributed by atoms with van der Waals surface area (Å²) in [5.41, 5.74) is 10.8. The fourth-order valence-corrected chi connectivity index (χ4v) is 5.50. The molecule has 0 atom stereocenters. The molecule has 2 aliphatic heterocycles. The highest BCUT2D eigenvalue weighted by Crippen LogP contribution is 2.40. The molecule has 0 saturated carbocycles. The van der Waals surface area contributed by atoms with E-state index < -0.39 is 0 Å². The number of fused-ring (bicyclic) bond motifs is 2. The molecular weight excluding hydrogens is 452 g/mol. The standard InChI is InChI=1S/C28H28N6S/c1-2-6-21(7-3-1)22-16-28-27(10-15-35-28)34(20-22)32-24-8-9-26-25(17-24)23(19-30-26)18-29-11-4-13-33-14-5-12-31-33/h1-3,5-10,12,14,16-17,19-20,29-30,32H,4,11,13,15,18H2. The number of thioether (sulfide) groups is 1. The van der Waals surface area contributed by atoms with Gasteiger partial charge in [0.1, 0.15) is 0 Å². The SMILES string of the molecule is C1=C2SCC=C2N(Nc2ccc3[nH]cc(CNCCCn4cccn4)c3c2)C=C1c1ccccc1. The van der Waals surface area contributed by atoms with E-state index in [1.165, 1.54) is 32.7 Å². The predicted molar refractivity (Wildman–Crippen MR) is 145 cm³/mol. The number of aryl methyl sites for hydroxylation is 1. The first-order valence-electron chi connectivity index (χ1n) is 12.0. The smallest absolute Gasteiger partial charge is 0.0728 e. The van der Waals surface area contributed by atoms with Gasteiger partial charge in [0, 0.05) is 65.0 Å². The van der Waals surface area contributed by atoms with Crippen LogP contribution in [0.25, 0.3) is 16.5 Å². The first-order chi connectivity index (χ1) is 17.3. The number of hydrogen-bond donors (Lipinski definition) is 3. The highest BCUT2D eigenvalue weighted by Gasteiger charge is 2.23. The van der Waals surface area contributed by atoms with Gasteiger partial charge in [-0.15, -0.1) is 11.8 Å². The van der Waals surface area contributed by atoms with Crippen molar-refractivity contribution >= 4 is 33.9 Å². The summed E-state index contributed by atoms with van der Waals surface area (Å²) in [4.78, 5) is 4.72. The molecule has 6 rings (SSSR count). The van der Waals surface area contributed by atoms with Crippen LogP contribution in [0.15, 0.2) is 102 Å². The van der Waals surface area contributed by atoms with Crippen molar-refractivity contribution < 1.29 is 0 Å². The van der Waals surface area contributed by atoms with Crippen LogP contribution in [0.4, 0.5) is 5.69 Å².